The Balaban J connectivity index is 1.67. The molecule has 0 saturated heterocycles. The van der Waals surface area contributed by atoms with Crippen molar-refractivity contribution in [2.75, 3.05) is 42.0 Å². The second kappa shape index (κ2) is 13.1. The second-order valence-electron chi connectivity index (χ2n) is 7.26. The van der Waals surface area contributed by atoms with Gasteiger partial charge in [-0.1, -0.05) is 60.7 Å². The first-order valence-corrected chi connectivity index (χ1v) is 10.7. The van der Waals surface area contributed by atoms with E-state index in [4.69, 9.17) is 28.4 Å². The van der Waals surface area contributed by atoms with Crippen LogP contribution in [0.3, 0.4) is 0 Å². The number of rotatable bonds is 12. The van der Waals surface area contributed by atoms with Crippen LogP contribution in [-0.2, 0) is 9.47 Å². The van der Waals surface area contributed by atoms with Crippen LogP contribution in [-0.4, -0.2) is 42.0 Å². The van der Waals surface area contributed by atoms with E-state index in [0.29, 0.717) is 23.0 Å². The molecule has 0 aromatic heterocycles. The van der Waals surface area contributed by atoms with Crippen molar-refractivity contribution in [3.63, 3.8) is 0 Å². The van der Waals surface area contributed by atoms with E-state index in [9.17, 15) is 0 Å². The summed E-state index contributed by atoms with van der Waals surface area (Å²) in [4.78, 5) is 0. The molecule has 0 atom stereocenters. The lowest BCUT2D eigenvalue weighted by atomic mass is 10.1. The Labute approximate surface area is 200 Å². The largest absolute Gasteiger partial charge is 0.493 e. The normalized spacial score (nSPS) is 11.2. The minimum absolute atomic E-state index is 0.163. The molecule has 0 spiro atoms. The first-order valence-electron chi connectivity index (χ1n) is 10.7. The first-order chi connectivity index (χ1) is 16.7. The fourth-order valence-electron chi connectivity index (χ4n) is 3.17. The molecule has 0 aliphatic rings. The predicted octanol–water partition coefficient (Wildman–Crippen LogP) is 6.01. The third kappa shape index (κ3) is 7.13. The molecule has 6 nitrogen and oxygen atoms in total. The molecule has 6 heteroatoms. The van der Waals surface area contributed by atoms with E-state index in [1.54, 1.807) is 28.4 Å². The highest BCUT2D eigenvalue weighted by atomic mass is 16.7. The van der Waals surface area contributed by atoms with Crippen LogP contribution in [0.2, 0.25) is 0 Å². The summed E-state index contributed by atoms with van der Waals surface area (Å²) in [5, 5.41) is 0. The Morgan fingerprint density at radius 3 is 1.18 bits per heavy atom. The fourth-order valence-corrected chi connectivity index (χ4v) is 3.17. The number of benzene rings is 3. The Bertz CT molecular complexity index is 1010. The van der Waals surface area contributed by atoms with E-state index in [-0.39, 0.29) is 13.6 Å². The summed E-state index contributed by atoms with van der Waals surface area (Å²) in [6.45, 7) is 0.326. The summed E-state index contributed by atoms with van der Waals surface area (Å²) in [7, 11) is 6.40. The van der Waals surface area contributed by atoms with Crippen molar-refractivity contribution in [3.05, 3.63) is 82.9 Å². The fraction of sp³-hybridized carbons (Fsp3) is 0.214. The van der Waals surface area contributed by atoms with Crippen LogP contribution >= 0.6 is 0 Å². The van der Waals surface area contributed by atoms with Gasteiger partial charge in [0.2, 0.25) is 0 Å². The SMILES string of the molecule is COCOc1cc(/C=C/c2ccc(/C=C/c3ccc(OC)c(OCOC)c3)cc2)ccc1OC. The van der Waals surface area contributed by atoms with Gasteiger partial charge in [0.15, 0.2) is 36.6 Å². The summed E-state index contributed by atoms with van der Waals surface area (Å²) < 4.78 is 31.8. The Hall–Kier alpha value is -3.74. The van der Waals surface area contributed by atoms with Gasteiger partial charge in [0, 0.05) is 14.2 Å². The summed E-state index contributed by atoms with van der Waals surface area (Å²) in [6, 6.07) is 19.8. The minimum atomic E-state index is 0.163. The van der Waals surface area contributed by atoms with E-state index in [1.165, 1.54) is 0 Å². The van der Waals surface area contributed by atoms with Gasteiger partial charge in [0.1, 0.15) is 0 Å². The van der Waals surface area contributed by atoms with Gasteiger partial charge < -0.3 is 28.4 Å². The quantitative estimate of drug-likeness (QED) is 0.243. The van der Waals surface area contributed by atoms with Crippen molar-refractivity contribution in [3.8, 4) is 23.0 Å². The third-order valence-corrected chi connectivity index (χ3v) is 4.91. The highest BCUT2D eigenvalue weighted by molar-refractivity contribution is 5.74. The molecule has 3 aromatic rings. The second-order valence-corrected chi connectivity index (χ2v) is 7.26. The molecular weight excluding hydrogens is 432 g/mol. The molecule has 34 heavy (non-hydrogen) atoms. The van der Waals surface area contributed by atoms with Gasteiger partial charge in [0.25, 0.3) is 0 Å². The first kappa shape index (κ1) is 24.9. The maximum atomic E-state index is 5.58. The zero-order chi connectivity index (χ0) is 24.2. The van der Waals surface area contributed by atoms with Crippen LogP contribution in [0.15, 0.2) is 60.7 Å². The Morgan fingerprint density at radius 2 is 0.824 bits per heavy atom. The van der Waals surface area contributed by atoms with Gasteiger partial charge in [-0.15, -0.1) is 0 Å². The summed E-state index contributed by atoms with van der Waals surface area (Å²) in [5.41, 5.74) is 4.18. The predicted molar refractivity (Wildman–Crippen MR) is 135 cm³/mol. The van der Waals surface area contributed by atoms with Crippen LogP contribution in [0.1, 0.15) is 22.3 Å². The monoisotopic (exact) mass is 462 g/mol. The molecule has 0 heterocycles. The lowest BCUT2D eigenvalue weighted by molar-refractivity contribution is 0.0490. The molecule has 3 rings (SSSR count). The lowest BCUT2D eigenvalue weighted by Crippen LogP contribution is -2.00. The van der Waals surface area contributed by atoms with Crippen LogP contribution in [0.4, 0.5) is 0 Å². The topological polar surface area (TPSA) is 55.4 Å². The molecule has 0 amide bonds. The highest BCUT2D eigenvalue weighted by Gasteiger charge is 2.05. The van der Waals surface area contributed by atoms with E-state index in [0.717, 1.165) is 22.3 Å². The van der Waals surface area contributed by atoms with E-state index in [2.05, 4.69) is 36.4 Å². The summed E-state index contributed by atoms with van der Waals surface area (Å²) in [6.07, 6.45) is 8.17. The Morgan fingerprint density at radius 1 is 0.471 bits per heavy atom. The molecule has 178 valence electrons. The highest BCUT2D eigenvalue weighted by Crippen LogP contribution is 2.30. The van der Waals surface area contributed by atoms with Crippen molar-refractivity contribution >= 4 is 24.3 Å². The molecule has 0 aliphatic heterocycles. The maximum absolute atomic E-state index is 5.58. The number of methoxy groups -OCH3 is 4. The molecular formula is C28H30O6. The molecule has 0 aliphatic carbocycles. The lowest BCUT2D eigenvalue weighted by Gasteiger charge is -2.10. The molecule has 0 saturated carbocycles. The van der Waals surface area contributed by atoms with Crippen molar-refractivity contribution in [2.45, 2.75) is 0 Å². The van der Waals surface area contributed by atoms with Crippen molar-refractivity contribution in [2.24, 2.45) is 0 Å². The standard InChI is InChI=1S/C28H30O6/c1-29-19-33-27-17-23(13-15-25(27)31-3)11-9-21-5-7-22(8-6-21)10-12-24-14-16-26(32-4)28(18-24)34-20-30-2/h5-18H,19-20H2,1-4H3/b11-9+,12-10+. The maximum Gasteiger partial charge on any atom is 0.188 e. The summed E-state index contributed by atoms with van der Waals surface area (Å²) >= 11 is 0. The number of ether oxygens (including phenoxy) is 6. The molecule has 0 fully saturated rings. The van der Waals surface area contributed by atoms with E-state index in [1.807, 2.05) is 48.6 Å². The number of hydrogen-bond acceptors (Lipinski definition) is 6. The third-order valence-electron chi connectivity index (χ3n) is 4.91. The minimum Gasteiger partial charge on any atom is -0.493 e. The van der Waals surface area contributed by atoms with Gasteiger partial charge in [-0.2, -0.15) is 0 Å². The summed E-state index contributed by atoms with van der Waals surface area (Å²) in [5.74, 6) is 2.61. The van der Waals surface area contributed by atoms with Gasteiger partial charge in [0.05, 0.1) is 14.2 Å². The van der Waals surface area contributed by atoms with Gasteiger partial charge in [-0.25, -0.2) is 0 Å². The molecule has 3 aromatic carbocycles. The average molecular weight is 463 g/mol. The van der Waals surface area contributed by atoms with Crippen molar-refractivity contribution < 1.29 is 28.4 Å². The number of hydrogen-bond donors (Lipinski definition) is 0. The van der Waals surface area contributed by atoms with Crippen molar-refractivity contribution in [1.82, 2.24) is 0 Å². The zero-order valence-corrected chi connectivity index (χ0v) is 19.9. The zero-order valence-electron chi connectivity index (χ0n) is 19.9. The Kier molecular flexibility index (Phi) is 9.58. The smallest absolute Gasteiger partial charge is 0.188 e. The molecule has 0 bridgehead atoms. The van der Waals surface area contributed by atoms with E-state index >= 15 is 0 Å². The van der Waals surface area contributed by atoms with E-state index < -0.39 is 0 Å². The van der Waals surface area contributed by atoms with Crippen LogP contribution in [0.25, 0.3) is 24.3 Å². The van der Waals surface area contributed by atoms with Gasteiger partial charge in [-0.3, -0.25) is 0 Å². The van der Waals surface area contributed by atoms with Gasteiger partial charge in [-0.05, 0) is 46.5 Å². The van der Waals surface area contributed by atoms with Crippen LogP contribution in [0, 0.1) is 0 Å². The molecule has 0 radical (unpaired) electrons. The van der Waals surface area contributed by atoms with Crippen LogP contribution in [0.5, 0.6) is 23.0 Å². The van der Waals surface area contributed by atoms with Crippen molar-refractivity contribution in [1.29, 1.82) is 0 Å². The average Bonchev–Trinajstić information content (AvgIpc) is 2.88. The molecule has 0 unspecified atom stereocenters. The van der Waals surface area contributed by atoms with Gasteiger partial charge >= 0.3 is 0 Å². The van der Waals surface area contributed by atoms with Crippen LogP contribution < -0.4 is 18.9 Å². The molecule has 0 N–H and O–H groups in total.